The van der Waals surface area contributed by atoms with Gasteiger partial charge in [-0.1, -0.05) is 12.1 Å². The minimum Gasteiger partial charge on any atom is -0.496 e. The molecule has 100 valence electrons. The van der Waals surface area contributed by atoms with Gasteiger partial charge in [0, 0.05) is 18.4 Å². The summed E-state index contributed by atoms with van der Waals surface area (Å²) in [5.41, 5.74) is 1.30. The molecule has 0 aromatic heterocycles. The molecule has 3 heteroatoms. The van der Waals surface area contributed by atoms with Crippen molar-refractivity contribution in [2.24, 2.45) is 0 Å². The molecule has 0 bridgehead atoms. The standard InChI is InChI=1S/C15H24N2O/c1-3-17-10-6-8-14(17)12-16-11-13-7-4-5-9-15(13)18-2/h4-5,7,9,14,16H,3,6,8,10-12H2,1-2H3/p+2/t14-/m1/s1. The summed E-state index contributed by atoms with van der Waals surface area (Å²) in [5.74, 6) is 1.01. The third-order valence-corrected chi connectivity index (χ3v) is 4.09. The molecule has 1 aromatic rings. The average Bonchev–Trinajstić information content (AvgIpc) is 2.87. The smallest absolute Gasteiger partial charge is 0.137 e. The molecule has 18 heavy (non-hydrogen) atoms. The first-order valence-electron chi connectivity index (χ1n) is 7.13. The van der Waals surface area contributed by atoms with E-state index in [0.29, 0.717) is 0 Å². The number of rotatable bonds is 6. The zero-order valence-corrected chi connectivity index (χ0v) is 11.6. The highest BCUT2D eigenvalue weighted by Gasteiger charge is 2.28. The molecule has 1 aromatic carbocycles. The topological polar surface area (TPSA) is 30.3 Å². The number of hydrogen-bond donors (Lipinski definition) is 2. The van der Waals surface area contributed by atoms with E-state index in [0.717, 1.165) is 18.3 Å². The van der Waals surface area contributed by atoms with E-state index < -0.39 is 0 Å². The Kier molecular flexibility index (Phi) is 5.02. The van der Waals surface area contributed by atoms with E-state index in [4.69, 9.17) is 4.74 Å². The number of nitrogens with two attached hydrogens (primary N) is 1. The molecule has 0 amide bonds. The lowest BCUT2D eigenvalue weighted by atomic mass is 10.2. The Labute approximate surface area is 110 Å². The van der Waals surface area contributed by atoms with E-state index in [1.165, 1.54) is 38.0 Å². The maximum absolute atomic E-state index is 5.38. The molecular formula is C15H26N2O+2. The van der Waals surface area contributed by atoms with Crippen LogP contribution in [0.1, 0.15) is 25.3 Å². The second kappa shape index (κ2) is 6.76. The summed E-state index contributed by atoms with van der Waals surface area (Å²) in [6.07, 6.45) is 2.79. The second-order valence-corrected chi connectivity index (χ2v) is 5.14. The Morgan fingerprint density at radius 3 is 3.00 bits per heavy atom. The lowest BCUT2D eigenvalue weighted by Crippen LogP contribution is -3.16. The number of nitrogens with one attached hydrogen (secondary N) is 1. The number of para-hydroxylation sites is 1. The Balaban J connectivity index is 1.81. The van der Waals surface area contributed by atoms with E-state index in [2.05, 4.69) is 24.4 Å². The van der Waals surface area contributed by atoms with Crippen LogP contribution in [0.5, 0.6) is 5.75 Å². The van der Waals surface area contributed by atoms with Gasteiger partial charge in [0.2, 0.25) is 0 Å². The number of ether oxygens (including phenoxy) is 1. The number of likely N-dealkylation sites (N-methyl/N-ethyl adjacent to an activating group) is 1. The van der Waals surface area contributed by atoms with Crippen LogP contribution in [-0.2, 0) is 6.54 Å². The Morgan fingerprint density at radius 1 is 1.39 bits per heavy atom. The SMILES string of the molecule is CC[NH+]1CCC[C@@H]1C[NH2+]Cc1ccccc1OC. The van der Waals surface area contributed by atoms with Crippen molar-refractivity contribution in [2.75, 3.05) is 26.7 Å². The zero-order chi connectivity index (χ0) is 12.8. The number of methoxy groups -OCH3 is 1. The van der Waals surface area contributed by atoms with Gasteiger partial charge in [-0.25, -0.2) is 0 Å². The molecule has 2 atom stereocenters. The third kappa shape index (κ3) is 3.24. The van der Waals surface area contributed by atoms with Crippen LogP contribution in [0.25, 0.3) is 0 Å². The van der Waals surface area contributed by atoms with E-state index in [1.807, 2.05) is 12.1 Å². The van der Waals surface area contributed by atoms with Crippen LogP contribution >= 0.6 is 0 Å². The molecule has 0 radical (unpaired) electrons. The van der Waals surface area contributed by atoms with E-state index in [9.17, 15) is 0 Å². The Hall–Kier alpha value is -1.06. The van der Waals surface area contributed by atoms with Crippen molar-refractivity contribution in [3.63, 3.8) is 0 Å². The maximum Gasteiger partial charge on any atom is 0.137 e. The van der Waals surface area contributed by atoms with Crippen LogP contribution in [0.3, 0.4) is 0 Å². The van der Waals surface area contributed by atoms with Crippen LogP contribution in [-0.4, -0.2) is 32.8 Å². The largest absolute Gasteiger partial charge is 0.496 e. The van der Waals surface area contributed by atoms with Crippen molar-refractivity contribution in [1.29, 1.82) is 0 Å². The van der Waals surface area contributed by atoms with Crippen molar-refractivity contribution >= 4 is 0 Å². The Bertz CT molecular complexity index is 367. The molecule has 1 unspecified atom stereocenters. The molecule has 0 spiro atoms. The predicted octanol–water partition coefficient (Wildman–Crippen LogP) is -0.174. The van der Waals surface area contributed by atoms with Crippen LogP contribution in [0, 0.1) is 0 Å². The quantitative estimate of drug-likeness (QED) is 0.721. The minimum absolute atomic E-state index is 0.852. The third-order valence-electron chi connectivity index (χ3n) is 4.09. The average molecular weight is 250 g/mol. The van der Waals surface area contributed by atoms with Crippen molar-refractivity contribution in [3.05, 3.63) is 29.8 Å². The minimum atomic E-state index is 0.852. The first-order valence-corrected chi connectivity index (χ1v) is 7.13. The van der Waals surface area contributed by atoms with Crippen LogP contribution in [0.2, 0.25) is 0 Å². The van der Waals surface area contributed by atoms with Gasteiger partial charge in [0.25, 0.3) is 0 Å². The summed E-state index contributed by atoms with van der Waals surface area (Å²) >= 11 is 0. The molecule has 3 N–H and O–H groups in total. The fraction of sp³-hybridized carbons (Fsp3) is 0.600. The molecule has 3 nitrogen and oxygen atoms in total. The summed E-state index contributed by atoms with van der Waals surface area (Å²) < 4.78 is 5.38. The van der Waals surface area contributed by atoms with Gasteiger partial charge < -0.3 is 15.0 Å². The second-order valence-electron chi connectivity index (χ2n) is 5.14. The molecule has 1 heterocycles. The first-order chi connectivity index (χ1) is 8.85. The lowest BCUT2D eigenvalue weighted by Gasteiger charge is -2.18. The van der Waals surface area contributed by atoms with Gasteiger partial charge in [0.1, 0.15) is 24.9 Å². The van der Waals surface area contributed by atoms with Crippen molar-refractivity contribution in [1.82, 2.24) is 0 Å². The maximum atomic E-state index is 5.38. The van der Waals surface area contributed by atoms with E-state index >= 15 is 0 Å². The van der Waals surface area contributed by atoms with Gasteiger partial charge in [-0.3, -0.25) is 0 Å². The van der Waals surface area contributed by atoms with Gasteiger partial charge in [0.15, 0.2) is 0 Å². The molecular weight excluding hydrogens is 224 g/mol. The fourth-order valence-electron chi connectivity index (χ4n) is 3.05. The lowest BCUT2D eigenvalue weighted by molar-refractivity contribution is -0.925. The molecule has 1 saturated heterocycles. The molecule has 2 rings (SSSR count). The van der Waals surface area contributed by atoms with Gasteiger partial charge in [-0.05, 0) is 19.1 Å². The molecule has 0 saturated carbocycles. The highest BCUT2D eigenvalue weighted by Crippen LogP contribution is 2.15. The molecule has 0 aliphatic carbocycles. The van der Waals surface area contributed by atoms with Crippen molar-refractivity contribution in [3.8, 4) is 5.75 Å². The molecule has 1 fully saturated rings. The number of likely N-dealkylation sites (tertiary alicyclic amines) is 1. The number of hydrogen-bond acceptors (Lipinski definition) is 1. The van der Waals surface area contributed by atoms with Gasteiger partial charge >= 0.3 is 0 Å². The van der Waals surface area contributed by atoms with Gasteiger partial charge in [-0.15, -0.1) is 0 Å². The summed E-state index contributed by atoms with van der Waals surface area (Å²) in [6, 6.07) is 9.17. The molecule has 1 aliphatic rings. The summed E-state index contributed by atoms with van der Waals surface area (Å²) in [7, 11) is 1.75. The number of quaternary nitrogens is 2. The molecule has 1 aliphatic heterocycles. The van der Waals surface area contributed by atoms with E-state index in [-0.39, 0.29) is 0 Å². The van der Waals surface area contributed by atoms with Crippen molar-refractivity contribution < 1.29 is 15.0 Å². The highest BCUT2D eigenvalue weighted by molar-refractivity contribution is 5.32. The predicted molar refractivity (Wildman–Crippen MR) is 72.9 cm³/mol. The van der Waals surface area contributed by atoms with Gasteiger partial charge in [-0.2, -0.15) is 0 Å². The van der Waals surface area contributed by atoms with Crippen LogP contribution in [0.4, 0.5) is 0 Å². The number of benzene rings is 1. The summed E-state index contributed by atoms with van der Waals surface area (Å²) in [5, 5.41) is 2.43. The summed E-state index contributed by atoms with van der Waals surface area (Å²) in [6.45, 7) is 7.20. The van der Waals surface area contributed by atoms with Crippen LogP contribution < -0.4 is 15.0 Å². The highest BCUT2D eigenvalue weighted by atomic mass is 16.5. The van der Waals surface area contributed by atoms with Crippen molar-refractivity contribution in [2.45, 2.75) is 32.4 Å². The normalized spacial score (nSPS) is 23.2. The van der Waals surface area contributed by atoms with Crippen LogP contribution in [0.15, 0.2) is 24.3 Å². The summed E-state index contributed by atoms with van der Waals surface area (Å²) in [4.78, 5) is 1.78. The zero-order valence-electron chi connectivity index (χ0n) is 11.6. The Morgan fingerprint density at radius 2 is 2.22 bits per heavy atom. The van der Waals surface area contributed by atoms with E-state index in [1.54, 1.807) is 12.0 Å². The first kappa shape index (κ1) is 13.4. The fourth-order valence-corrected chi connectivity index (χ4v) is 3.05. The monoisotopic (exact) mass is 250 g/mol. The van der Waals surface area contributed by atoms with Gasteiger partial charge in [0.05, 0.1) is 20.2 Å².